The molecule has 7 heteroatoms. The highest BCUT2D eigenvalue weighted by atomic mass is 35.5. The fourth-order valence-corrected chi connectivity index (χ4v) is 3.63. The van der Waals surface area contributed by atoms with Gasteiger partial charge < -0.3 is 19.9 Å². The largest absolute Gasteiger partial charge is 0.492 e. The molecule has 1 aliphatic rings. The van der Waals surface area contributed by atoms with Crippen molar-refractivity contribution in [3.8, 4) is 5.75 Å². The van der Waals surface area contributed by atoms with Gasteiger partial charge in [-0.15, -0.1) is 0 Å². The number of aryl methyl sites for hydroxylation is 1. The first-order valence-electron chi connectivity index (χ1n) is 9.67. The van der Waals surface area contributed by atoms with Crippen LogP contribution in [0, 0.1) is 6.92 Å². The van der Waals surface area contributed by atoms with Crippen LogP contribution in [-0.2, 0) is 0 Å². The van der Waals surface area contributed by atoms with E-state index in [1.807, 2.05) is 13.0 Å². The highest BCUT2D eigenvalue weighted by Gasteiger charge is 2.21. The minimum absolute atomic E-state index is 0.116. The number of piperidine rings is 1. The molecule has 28 heavy (non-hydrogen) atoms. The number of pyridine rings is 1. The Morgan fingerprint density at radius 1 is 1.32 bits per heavy atom. The number of carbonyl (C=O) groups is 1. The average Bonchev–Trinajstić information content (AvgIpc) is 2.68. The number of nitrogens with one attached hydrogen (secondary N) is 2. The molecule has 0 saturated carbocycles. The van der Waals surface area contributed by atoms with Gasteiger partial charge in [0.05, 0.1) is 11.6 Å². The molecule has 0 radical (unpaired) electrons. The van der Waals surface area contributed by atoms with E-state index >= 15 is 0 Å². The first-order chi connectivity index (χ1) is 13.5. The van der Waals surface area contributed by atoms with Crippen molar-refractivity contribution in [2.45, 2.75) is 39.2 Å². The van der Waals surface area contributed by atoms with Crippen LogP contribution in [0.5, 0.6) is 5.75 Å². The van der Waals surface area contributed by atoms with Crippen LogP contribution in [0.3, 0.4) is 0 Å². The highest BCUT2D eigenvalue weighted by molar-refractivity contribution is 6.32. The number of benzene rings is 1. The predicted molar refractivity (Wildman–Crippen MR) is 112 cm³/mol. The molecule has 1 aliphatic heterocycles. The van der Waals surface area contributed by atoms with Crippen molar-refractivity contribution in [2.24, 2.45) is 0 Å². The summed E-state index contributed by atoms with van der Waals surface area (Å²) in [5, 5.41) is 6.50. The van der Waals surface area contributed by atoms with Crippen molar-refractivity contribution in [1.82, 2.24) is 9.88 Å². The second kappa shape index (κ2) is 9.26. The molecule has 0 unspecified atom stereocenters. The molecule has 1 amide bonds. The summed E-state index contributed by atoms with van der Waals surface area (Å²) in [5.41, 5.74) is 1.10. The van der Waals surface area contributed by atoms with Crippen LogP contribution in [0.15, 0.2) is 35.3 Å². The summed E-state index contributed by atoms with van der Waals surface area (Å²) >= 11 is 6.24. The number of nitrogens with zero attached hydrogens (tertiary/aromatic N) is 1. The maximum absolute atomic E-state index is 13.0. The molecule has 2 aromatic rings. The zero-order chi connectivity index (χ0) is 20.1. The van der Waals surface area contributed by atoms with Crippen LogP contribution in [0.1, 0.15) is 48.1 Å². The summed E-state index contributed by atoms with van der Waals surface area (Å²) in [4.78, 5) is 25.8. The van der Waals surface area contributed by atoms with Gasteiger partial charge in [0.15, 0.2) is 0 Å². The lowest BCUT2D eigenvalue weighted by Gasteiger charge is -2.25. The molecule has 0 aliphatic carbocycles. The van der Waals surface area contributed by atoms with E-state index in [1.165, 1.54) is 0 Å². The molecule has 2 heterocycles. The minimum Gasteiger partial charge on any atom is -0.492 e. The fraction of sp³-hybridized carbons (Fsp3) is 0.429. The van der Waals surface area contributed by atoms with Crippen LogP contribution in [0.25, 0.3) is 0 Å². The van der Waals surface area contributed by atoms with E-state index in [9.17, 15) is 9.59 Å². The Hall–Kier alpha value is -2.31. The topological polar surface area (TPSA) is 72.4 Å². The van der Waals surface area contributed by atoms with E-state index in [0.717, 1.165) is 32.4 Å². The average molecular weight is 404 g/mol. The molecular weight excluding hydrogens is 378 g/mol. The second-order valence-electron chi connectivity index (χ2n) is 7.02. The Bertz CT molecular complexity index is 904. The Morgan fingerprint density at radius 2 is 2.07 bits per heavy atom. The van der Waals surface area contributed by atoms with Crippen LogP contribution < -0.4 is 20.9 Å². The first-order valence-corrected chi connectivity index (χ1v) is 10.0. The number of anilines is 1. The zero-order valence-electron chi connectivity index (χ0n) is 16.3. The normalized spacial score (nSPS) is 14.7. The molecule has 0 bridgehead atoms. The molecule has 3 rings (SSSR count). The molecule has 6 nitrogen and oxygen atoms in total. The lowest BCUT2D eigenvalue weighted by molar-refractivity contribution is 0.102. The summed E-state index contributed by atoms with van der Waals surface area (Å²) in [7, 11) is 0. The fourth-order valence-electron chi connectivity index (χ4n) is 3.39. The number of aromatic nitrogens is 1. The standard InChI is InChI=1S/C21H26ClN3O3/c1-3-12-28-18-5-4-15(13-17(18)22)24-20(26)19-14(2)8-11-25(21(19)27)16-6-9-23-10-7-16/h4-5,8,11,13,16,23H,3,6-7,9-10,12H2,1-2H3,(H,24,26). The maximum atomic E-state index is 13.0. The van der Waals surface area contributed by atoms with Gasteiger partial charge in [0.25, 0.3) is 11.5 Å². The summed E-state index contributed by atoms with van der Waals surface area (Å²) in [6.45, 7) is 6.11. The van der Waals surface area contributed by atoms with Gasteiger partial charge in [0.1, 0.15) is 11.3 Å². The maximum Gasteiger partial charge on any atom is 0.263 e. The van der Waals surface area contributed by atoms with Crippen molar-refractivity contribution < 1.29 is 9.53 Å². The predicted octanol–water partition coefficient (Wildman–Crippen LogP) is 3.78. The van der Waals surface area contributed by atoms with Crippen molar-refractivity contribution in [3.63, 3.8) is 0 Å². The molecule has 1 saturated heterocycles. The molecule has 0 spiro atoms. The van der Waals surface area contributed by atoms with Gasteiger partial charge in [-0.05, 0) is 69.1 Å². The molecule has 0 atom stereocenters. The number of hydrogen-bond donors (Lipinski definition) is 2. The lowest BCUT2D eigenvalue weighted by Crippen LogP contribution is -2.37. The van der Waals surface area contributed by atoms with Gasteiger partial charge in [-0.25, -0.2) is 0 Å². The Labute approximate surface area is 169 Å². The van der Waals surface area contributed by atoms with Crippen LogP contribution in [0.4, 0.5) is 5.69 Å². The van der Waals surface area contributed by atoms with E-state index in [1.54, 1.807) is 35.9 Å². The van der Waals surface area contributed by atoms with Gasteiger partial charge in [0.2, 0.25) is 0 Å². The molecule has 1 fully saturated rings. The van der Waals surface area contributed by atoms with E-state index in [2.05, 4.69) is 10.6 Å². The van der Waals surface area contributed by atoms with Gasteiger partial charge in [-0.3, -0.25) is 9.59 Å². The third-order valence-corrected chi connectivity index (χ3v) is 5.20. The van der Waals surface area contributed by atoms with Crippen molar-refractivity contribution >= 4 is 23.2 Å². The molecule has 1 aromatic carbocycles. The van der Waals surface area contributed by atoms with E-state index in [4.69, 9.17) is 16.3 Å². The van der Waals surface area contributed by atoms with Gasteiger partial charge in [-0.2, -0.15) is 0 Å². The van der Waals surface area contributed by atoms with Crippen molar-refractivity contribution in [1.29, 1.82) is 0 Å². The Kier molecular flexibility index (Phi) is 6.75. The van der Waals surface area contributed by atoms with Crippen molar-refractivity contribution in [2.75, 3.05) is 25.0 Å². The van der Waals surface area contributed by atoms with E-state index < -0.39 is 5.91 Å². The summed E-state index contributed by atoms with van der Waals surface area (Å²) in [6, 6.07) is 7.02. The van der Waals surface area contributed by atoms with Crippen LogP contribution >= 0.6 is 11.6 Å². The third kappa shape index (κ3) is 4.56. The van der Waals surface area contributed by atoms with Gasteiger partial charge in [0, 0.05) is 17.9 Å². The van der Waals surface area contributed by atoms with Gasteiger partial charge >= 0.3 is 0 Å². The first kappa shape index (κ1) is 20.4. The Morgan fingerprint density at radius 3 is 2.75 bits per heavy atom. The summed E-state index contributed by atoms with van der Waals surface area (Å²) in [5.74, 6) is 0.148. The monoisotopic (exact) mass is 403 g/mol. The smallest absolute Gasteiger partial charge is 0.263 e. The molecule has 2 N–H and O–H groups in total. The third-order valence-electron chi connectivity index (χ3n) is 4.91. The van der Waals surface area contributed by atoms with Crippen molar-refractivity contribution in [3.05, 3.63) is 57.0 Å². The number of halogens is 1. The number of ether oxygens (including phenoxy) is 1. The SMILES string of the molecule is CCCOc1ccc(NC(=O)c2c(C)ccn(C3CCNCC3)c2=O)cc1Cl. The van der Waals surface area contributed by atoms with E-state index in [0.29, 0.717) is 28.6 Å². The summed E-state index contributed by atoms with van der Waals surface area (Å²) in [6.07, 6.45) is 4.42. The van der Waals surface area contributed by atoms with Crippen LogP contribution in [0.2, 0.25) is 5.02 Å². The zero-order valence-corrected chi connectivity index (χ0v) is 17.0. The molecule has 150 valence electrons. The number of hydrogen-bond acceptors (Lipinski definition) is 4. The van der Waals surface area contributed by atoms with Gasteiger partial charge in [-0.1, -0.05) is 18.5 Å². The molecular formula is C21H26ClN3O3. The number of carbonyl (C=O) groups excluding carboxylic acids is 1. The number of rotatable bonds is 6. The quantitative estimate of drug-likeness (QED) is 0.770. The lowest BCUT2D eigenvalue weighted by atomic mass is 10.0. The highest BCUT2D eigenvalue weighted by Crippen LogP contribution is 2.28. The minimum atomic E-state index is -0.427. The van der Waals surface area contributed by atoms with Crippen LogP contribution in [-0.4, -0.2) is 30.2 Å². The molecule has 1 aromatic heterocycles. The second-order valence-corrected chi connectivity index (χ2v) is 7.42. The number of amides is 1. The summed E-state index contributed by atoms with van der Waals surface area (Å²) < 4.78 is 7.24. The Balaban J connectivity index is 1.82. The van der Waals surface area contributed by atoms with E-state index in [-0.39, 0.29) is 17.2 Å².